The van der Waals surface area contributed by atoms with Crippen LogP contribution in [0.2, 0.25) is 0 Å². The van der Waals surface area contributed by atoms with E-state index in [0.29, 0.717) is 18.7 Å². The van der Waals surface area contributed by atoms with Gasteiger partial charge in [0.25, 0.3) is 0 Å². The van der Waals surface area contributed by atoms with Crippen LogP contribution in [0.1, 0.15) is 18.4 Å². The fourth-order valence-electron chi connectivity index (χ4n) is 1.65. The van der Waals surface area contributed by atoms with Gasteiger partial charge in [0.1, 0.15) is 0 Å². The van der Waals surface area contributed by atoms with Crippen LogP contribution in [0.4, 0.5) is 5.82 Å². The number of ether oxygens (including phenoxy) is 1. The molecule has 1 aromatic rings. The predicted octanol–water partition coefficient (Wildman–Crippen LogP) is 1.49. The van der Waals surface area contributed by atoms with E-state index in [1.807, 2.05) is 25.3 Å². The molecule has 0 spiro atoms. The summed E-state index contributed by atoms with van der Waals surface area (Å²) < 4.78 is 6.90. The van der Waals surface area contributed by atoms with Gasteiger partial charge in [-0.3, -0.25) is 0 Å². The maximum Gasteiger partial charge on any atom is 0.334 e. The number of rotatable bonds is 0. The lowest BCUT2D eigenvalue weighted by molar-refractivity contribution is -0.559. The lowest BCUT2D eigenvalue weighted by atomic mass is 10.2. The third kappa shape index (κ3) is 3.06. The molecule has 92 valence electrons. The molecule has 0 saturated heterocycles. The Morgan fingerprint density at radius 1 is 1.41 bits per heavy atom. The first-order chi connectivity index (χ1) is 7.70. The van der Waals surface area contributed by atoms with E-state index in [2.05, 4.69) is 4.99 Å². The monoisotopic (exact) mass is 298 g/mol. The van der Waals surface area contributed by atoms with Gasteiger partial charge in [0.15, 0.2) is 0 Å². The molecule has 0 radical (unpaired) electrons. The van der Waals surface area contributed by atoms with Gasteiger partial charge < -0.3 is 9.84 Å². The second kappa shape index (κ2) is 5.82. The van der Waals surface area contributed by atoms with Gasteiger partial charge in [-0.2, -0.15) is 0 Å². The summed E-state index contributed by atoms with van der Waals surface area (Å²) in [5.41, 5.74) is 1.02. The lowest BCUT2D eigenvalue weighted by Gasteiger charge is -2.12. The first kappa shape index (κ1) is 13.7. The number of nitrogens with zero attached hydrogens (tertiary/aromatic N) is 2. The number of pyridine rings is 1. The molecule has 2 heterocycles. The summed E-state index contributed by atoms with van der Waals surface area (Å²) in [4.78, 5) is 4.43. The fourth-order valence-corrected chi connectivity index (χ4v) is 1.65. The number of allylic oxidation sites excluding steroid dienone is 1. The second-order valence-corrected chi connectivity index (χ2v) is 3.73. The van der Waals surface area contributed by atoms with Gasteiger partial charge in [0.2, 0.25) is 0 Å². The zero-order chi connectivity index (χ0) is 11.5. The highest BCUT2D eigenvalue weighted by Crippen LogP contribution is 2.16. The lowest BCUT2D eigenvalue weighted by Crippen LogP contribution is -2.30. The fraction of sp³-hybridized carbons (Fsp3) is 0.333. The molecule has 0 saturated carbocycles. The Kier molecular flexibility index (Phi) is 4.69. The van der Waals surface area contributed by atoms with Gasteiger partial charge >= 0.3 is 11.7 Å². The zero-order valence-corrected chi connectivity index (χ0v) is 11.6. The third-order valence-electron chi connectivity index (χ3n) is 2.52. The molecule has 2 rings (SSSR count). The Balaban J connectivity index is 0.00000144. The van der Waals surface area contributed by atoms with Crippen molar-refractivity contribution < 1.29 is 14.4 Å². The minimum atomic E-state index is 0. The molecule has 5 heteroatoms. The minimum Gasteiger partial charge on any atom is -0.873 e. The number of methoxy groups -OCH3 is 1. The summed E-state index contributed by atoms with van der Waals surface area (Å²) in [6.45, 7) is 1.96. The summed E-state index contributed by atoms with van der Waals surface area (Å²) >= 11 is 0. The molecule has 0 N–H and O–H groups in total. The quantitative estimate of drug-likeness (QED) is 0.681. The van der Waals surface area contributed by atoms with E-state index < -0.39 is 0 Å². The normalized spacial score (nSPS) is 20.6. The van der Waals surface area contributed by atoms with Crippen LogP contribution in [0.15, 0.2) is 29.1 Å². The molecule has 0 aromatic carbocycles. The predicted molar refractivity (Wildman–Crippen MR) is 69.3 cm³/mol. The zero-order valence-electron chi connectivity index (χ0n) is 9.84. The van der Waals surface area contributed by atoms with Crippen LogP contribution in [-0.2, 0) is 4.74 Å². The van der Waals surface area contributed by atoms with E-state index in [1.54, 1.807) is 17.9 Å². The minimum absolute atomic E-state index is 0. The SMILES string of the molecule is Br.CO/C1=N/c2c(C)ccc[n+]2/C=C(/[O-])CC1. The van der Waals surface area contributed by atoms with Crippen LogP contribution in [0, 0.1) is 6.92 Å². The highest BCUT2D eigenvalue weighted by Gasteiger charge is 2.17. The molecule has 0 atom stereocenters. The summed E-state index contributed by atoms with van der Waals surface area (Å²) in [5.74, 6) is 1.44. The van der Waals surface area contributed by atoms with Gasteiger partial charge in [-0.25, -0.2) is 4.57 Å². The molecule has 17 heavy (non-hydrogen) atoms. The Morgan fingerprint density at radius 2 is 2.18 bits per heavy atom. The van der Waals surface area contributed by atoms with Crippen molar-refractivity contribution in [1.82, 2.24) is 0 Å². The Hall–Kier alpha value is -1.36. The van der Waals surface area contributed by atoms with Crippen molar-refractivity contribution in [3.8, 4) is 0 Å². The van der Waals surface area contributed by atoms with E-state index in [0.717, 1.165) is 11.4 Å². The molecule has 0 fully saturated rings. The molecule has 1 aliphatic heterocycles. The van der Waals surface area contributed by atoms with Crippen LogP contribution in [0.25, 0.3) is 6.20 Å². The van der Waals surface area contributed by atoms with Crippen molar-refractivity contribution in [2.75, 3.05) is 7.11 Å². The topological polar surface area (TPSA) is 48.5 Å². The number of aromatic nitrogens is 1. The van der Waals surface area contributed by atoms with Crippen molar-refractivity contribution in [3.05, 3.63) is 29.7 Å². The Morgan fingerprint density at radius 3 is 2.88 bits per heavy atom. The molecular formula is C12H15BrN2O2. The van der Waals surface area contributed by atoms with E-state index in [-0.39, 0.29) is 22.7 Å². The van der Waals surface area contributed by atoms with Crippen molar-refractivity contribution in [2.45, 2.75) is 19.8 Å². The van der Waals surface area contributed by atoms with E-state index in [4.69, 9.17) is 4.74 Å². The molecule has 0 aliphatic carbocycles. The van der Waals surface area contributed by atoms with Crippen LogP contribution in [-0.4, -0.2) is 13.0 Å². The van der Waals surface area contributed by atoms with Gasteiger partial charge in [0, 0.05) is 5.56 Å². The molecule has 0 bridgehead atoms. The van der Waals surface area contributed by atoms with E-state index >= 15 is 0 Å². The van der Waals surface area contributed by atoms with Crippen LogP contribution in [0.5, 0.6) is 0 Å². The van der Waals surface area contributed by atoms with Crippen molar-refractivity contribution in [3.63, 3.8) is 0 Å². The first-order valence-electron chi connectivity index (χ1n) is 5.20. The number of halogens is 1. The molecule has 0 amide bonds. The highest BCUT2D eigenvalue weighted by molar-refractivity contribution is 8.93. The Labute approximate surface area is 111 Å². The molecule has 1 aliphatic rings. The first-order valence-corrected chi connectivity index (χ1v) is 5.20. The molecular weight excluding hydrogens is 284 g/mol. The number of aryl methyl sites for hydroxylation is 1. The molecule has 1 aromatic heterocycles. The highest BCUT2D eigenvalue weighted by atomic mass is 79.9. The largest absolute Gasteiger partial charge is 0.873 e. The molecule has 4 nitrogen and oxygen atoms in total. The standard InChI is InChI=1S/C12H14N2O2.BrH/c1-9-4-3-7-14-8-10(15)5-6-11(16-2)13-12(9)14;/h3-4,7-8H,5-6H2,1-2H3;1H/b10-8+;. The summed E-state index contributed by atoms with van der Waals surface area (Å²) in [7, 11) is 1.58. The van der Waals surface area contributed by atoms with Gasteiger partial charge in [-0.15, -0.1) is 17.0 Å². The Bertz CT molecular complexity index is 470. The third-order valence-corrected chi connectivity index (χ3v) is 2.52. The number of hydrogen-bond donors (Lipinski definition) is 0. The maximum atomic E-state index is 11.6. The smallest absolute Gasteiger partial charge is 0.334 e. The summed E-state index contributed by atoms with van der Waals surface area (Å²) in [6.07, 6.45) is 4.40. The van der Waals surface area contributed by atoms with Gasteiger partial charge in [-0.05, 0) is 30.5 Å². The number of aliphatic imine (C=N–C) groups is 1. The van der Waals surface area contributed by atoms with Crippen LogP contribution in [0.3, 0.4) is 0 Å². The van der Waals surface area contributed by atoms with E-state index in [9.17, 15) is 5.11 Å². The van der Waals surface area contributed by atoms with Crippen molar-refractivity contribution >= 4 is 34.9 Å². The molecule has 0 unspecified atom stereocenters. The average Bonchev–Trinajstić information content (AvgIpc) is 2.24. The summed E-state index contributed by atoms with van der Waals surface area (Å²) in [6, 6.07) is 3.86. The van der Waals surface area contributed by atoms with E-state index in [1.165, 1.54) is 0 Å². The maximum absolute atomic E-state index is 11.6. The second-order valence-electron chi connectivity index (χ2n) is 3.73. The van der Waals surface area contributed by atoms with Crippen molar-refractivity contribution in [2.24, 2.45) is 4.99 Å². The number of fused-ring (bicyclic) bond motifs is 1. The van der Waals surface area contributed by atoms with Gasteiger partial charge in [-0.1, -0.05) is 5.76 Å². The van der Waals surface area contributed by atoms with Crippen LogP contribution < -0.4 is 9.67 Å². The average molecular weight is 299 g/mol. The number of hydrogen-bond acceptors (Lipinski definition) is 3. The summed E-state index contributed by atoms with van der Waals surface area (Å²) in [5, 5.41) is 11.6. The van der Waals surface area contributed by atoms with Gasteiger partial charge in [0.05, 0.1) is 25.9 Å². The van der Waals surface area contributed by atoms with Crippen LogP contribution >= 0.6 is 17.0 Å². The van der Waals surface area contributed by atoms with Crippen molar-refractivity contribution in [1.29, 1.82) is 0 Å².